The van der Waals surface area contributed by atoms with Crippen LogP contribution in [0, 0.1) is 6.08 Å². The van der Waals surface area contributed by atoms with Gasteiger partial charge in [-0.1, -0.05) is 60.7 Å². The van der Waals surface area contributed by atoms with E-state index in [1.165, 1.54) is 15.6 Å². The molecule has 0 unspecified atom stereocenters. The fourth-order valence-corrected chi connectivity index (χ4v) is 7.91. The molecule has 30 heavy (non-hydrogen) atoms. The molecule has 161 valence electrons. The molecule has 0 fully saturated rings. The van der Waals surface area contributed by atoms with Crippen molar-refractivity contribution in [3.8, 4) is 0 Å². The van der Waals surface area contributed by atoms with Gasteiger partial charge in [-0.2, -0.15) is 34.3 Å². The van der Waals surface area contributed by atoms with E-state index < -0.39 is 8.24 Å². The van der Waals surface area contributed by atoms with E-state index >= 15 is 0 Å². The van der Waals surface area contributed by atoms with Gasteiger partial charge in [0.05, 0.1) is 0 Å². The SMILES string of the molecule is CC(C)(C)N[Si](C1=[C-]CC=C1)(c1ccccc1)c1ccccc1.C[N-]C.C[N-]C.[Mo+3]. The van der Waals surface area contributed by atoms with E-state index in [2.05, 4.69) is 115 Å². The Bertz CT molecular complexity index is 711. The molecule has 2 aromatic carbocycles. The van der Waals surface area contributed by atoms with Crippen molar-refractivity contribution >= 4 is 18.6 Å². The van der Waals surface area contributed by atoms with Crippen LogP contribution in [0.2, 0.25) is 0 Å². The van der Waals surface area contributed by atoms with Crippen LogP contribution >= 0.6 is 0 Å². The van der Waals surface area contributed by atoms with Crippen molar-refractivity contribution in [1.82, 2.24) is 4.98 Å². The Hall–Kier alpha value is -1.29. The molecule has 0 saturated heterocycles. The summed E-state index contributed by atoms with van der Waals surface area (Å²) in [4.78, 5) is 4.03. The molecular weight excluding hydrogens is 466 g/mol. The molecular formula is C25H36MoN3Si. The van der Waals surface area contributed by atoms with Crippen molar-refractivity contribution in [1.29, 1.82) is 0 Å². The van der Waals surface area contributed by atoms with Crippen LogP contribution in [0.3, 0.4) is 0 Å². The zero-order valence-electron chi connectivity index (χ0n) is 19.4. The fourth-order valence-electron chi connectivity index (χ4n) is 3.29. The number of rotatable bonds is 4. The number of hydrogen-bond acceptors (Lipinski definition) is 1. The van der Waals surface area contributed by atoms with Crippen LogP contribution in [-0.4, -0.2) is 42.0 Å². The second kappa shape index (κ2) is 14.7. The third kappa shape index (κ3) is 8.45. The number of nitrogens with one attached hydrogen (secondary N) is 1. The Morgan fingerprint density at radius 2 is 1.20 bits per heavy atom. The van der Waals surface area contributed by atoms with E-state index in [0.29, 0.717) is 0 Å². The summed E-state index contributed by atoms with van der Waals surface area (Å²) in [5.41, 5.74) is 0.0169. The van der Waals surface area contributed by atoms with Crippen molar-refractivity contribution in [2.24, 2.45) is 0 Å². The Kier molecular flexibility index (Phi) is 14.0. The average Bonchev–Trinajstić information content (AvgIpc) is 3.23. The second-order valence-electron chi connectivity index (χ2n) is 7.95. The monoisotopic (exact) mass is 504 g/mol. The maximum atomic E-state index is 4.03. The number of nitrogens with zero attached hydrogens (tertiary/aromatic N) is 2. The minimum absolute atomic E-state index is 0. The molecule has 0 bridgehead atoms. The predicted octanol–water partition coefficient (Wildman–Crippen LogP) is 4.60. The summed E-state index contributed by atoms with van der Waals surface area (Å²) >= 11 is 0. The first kappa shape index (κ1) is 28.7. The van der Waals surface area contributed by atoms with E-state index in [4.69, 9.17) is 0 Å². The van der Waals surface area contributed by atoms with E-state index in [9.17, 15) is 0 Å². The molecule has 5 heteroatoms. The number of allylic oxidation sites excluding steroid dienone is 4. The molecule has 1 N–H and O–H groups in total. The molecule has 0 saturated carbocycles. The van der Waals surface area contributed by atoms with E-state index in [1.54, 1.807) is 28.2 Å². The molecule has 0 heterocycles. The van der Waals surface area contributed by atoms with Gasteiger partial charge in [0.1, 0.15) is 0 Å². The molecule has 1 aliphatic carbocycles. The number of hydrogen-bond donors (Lipinski definition) is 1. The van der Waals surface area contributed by atoms with Gasteiger partial charge in [-0.05, 0) is 31.1 Å². The van der Waals surface area contributed by atoms with Crippen molar-refractivity contribution in [2.45, 2.75) is 32.7 Å². The van der Waals surface area contributed by atoms with Gasteiger partial charge >= 0.3 is 21.1 Å². The maximum Gasteiger partial charge on any atom is 3.00 e. The molecule has 3 rings (SSSR count). The average molecular weight is 503 g/mol. The van der Waals surface area contributed by atoms with Gasteiger partial charge in [0, 0.05) is 5.54 Å². The van der Waals surface area contributed by atoms with Gasteiger partial charge in [-0.3, -0.25) is 6.08 Å². The Morgan fingerprint density at radius 1 is 0.800 bits per heavy atom. The summed E-state index contributed by atoms with van der Waals surface area (Å²) < 4.78 is 0. The van der Waals surface area contributed by atoms with Crippen LogP contribution in [0.1, 0.15) is 27.2 Å². The quantitative estimate of drug-likeness (QED) is 0.482. The van der Waals surface area contributed by atoms with Crippen LogP contribution in [0.5, 0.6) is 0 Å². The number of benzene rings is 2. The first-order valence-corrected chi connectivity index (χ1v) is 12.0. The van der Waals surface area contributed by atoms with Crippen LogP contribution < -0.4 is 15.4 Å². The van der Waals surface area contributed by atoms with Gasteiger partial charge in [0.15, 0.2) is 8.24 Å². The Balaban J connectivity index is 0.00000108. The largest absolute Gasteiger partial charge is 3.00 e. The summed E-state index contributed by atoms with van der Waals surface area (Å²) in [6, 6.07) is 21.8. The summed E-state index contributed by atoms with van der Waals surface area (Å²) in [6.07, 6.45) is 9.02. The van der Waals surface area contributed by atoms with Gasteiger partial charge in [0.2, 0.25) is 0 Å². The summed E-state index contributed by atoms with van der Waals surface area (Å²) in [5, 5.41) is 11.1. The van der Waals surface area contributed by atoms with Gasteiger partial charge in [0.25, 0.3) is 0 Å². The van der Waals surface area contributed by atoms with Crippen LogP contribution in [0.4, 0.5) is 0 Å². The van der Waals surface area contributed by atoms with Crippen LogP contribution in [0.15, 0.2) is 78.0 Å². The molecule has 0 aliphatic heterocycles. The molecule has 1 radical (unpaired) electrons. The summed E-state index contributed by atoms with van der Waals surface area (Å²) in [6.45, 7) is 6.75. The third-order valence-electron chi connectivity index (χ3n) is 4.07. The smallest absolute Gasteiger partial charge is 0.668 e. The van der Waals surface area contributed by atoms with Crippen LogP contribution in [0.25, 0.3) is 10.6 Å². The summed E-state index contributed by atoms with van der Waals surface area (Å²) in [5.74, 6) is 0. The normalized spacial score (nSPS) is 12.6. The molecule has 0 spiro atoms. The Morgan fingerprint density at radius 3 is 1.50 bits per heavy atom. The first-order chi connectivity index (χ1) is 13.9. The van der Waals surface area contributed by atoms with E-state index in [-0.39, 0.29) is 26.6 Å². The second-order valence-corrected chi connectivity index (χ2v) is 11.4. The zero-order chi connectivity index (χ0) is 21.8. The standard InChI is InChI=1S/C21H24NSi.2C2H6N.Mo/c1-21(2,3)22-23(20-16-10-11-17-20,18-12-6-4-7-13-18)19-14-8-5-9-15-19;2*1-3-2;/h4-10,12-16,22H,11H2,1-3H3;2*1-2H3;/q3*-1;+3. The fraction of sp³-hybridized carbons (Fsp3) is 0.360. The van der Waals surface area contributed by atoms with E-state index in [0.717, 1.165) is 6.42 Å². The van der Waals surface area contributed by atoms with E-state index in [1.807, 2.05) is 0 Å². The topological polar surface area (TPSA) is 40.2 Å². The minimum Gasteiger partial charge on any atom is -0.668 e. The molecule has 0 amide bonds. The molecule has 3 nitrogen and oxygen atoms in total. The maximum absolute atomic E-state index is 4.03. The van der Waals surface area contributed by atoms with Crippen molar-refractivity contribution in [3.05, 3.63) is 94.7 Å². The van der Waals surface area contributed by atoms with Crippen molar-refractivity contribution in [3.63, 3.8) is 0 Å². The first-order valence-electron chi connectivity index (χ1n) is 9.99. The van der Waals surface area contributed by atoms with Gasteiger partial charge < -0.3 is 15.6 Å². The Labute approximate surface area is 199 Å². The van der Waals surface area contributed by atoms with Gasteiger partial charge in [-0.25, -0.2) is 11.3 Å². The molecule has 0 aromatic heterocycles. The zero-order valence-corrected chi connectivity index (χ0v) is 22.4. The summed E-state index contributed by atoms with van der Waals surface area (Å²) in [7, 11) is 4.72. The van der Waals surface area contributed by atoms with Gasteiger partial charge in [-0.15, -0.1) is 6.42 Å². The molecule has 0 atom stereocenters. The third-order valence-corrected chi connectivity index (χ3v) is 8.75. The molecule has 2 aromatic rings. The van der Waals surface area contributed by atoms with Crippen LogP contribution in [-0.2, 0) is 21.1 Å². The predicted molar refractivity (Wildman–Crippen MR) is 132 cm³/mol. The molecule has 1 aliphatic rings. The minimum atomic E-state index is -2.28. The van der Waals surface area contributed by atoms with Crippen molar-refractivity contribution in [2.75, 3.05) is 28.2 Å². The van der Waals surface area contributed by atoms with Crippen molar-refractivity contribution < 1.29 is 21.1 Å².